The van der Waals surface area contributed by atoms with Crippen LogP contribution in [0.15, 0.2) is 78.9 Å². The maximum Gasteiger partial charge on any atom is 0.266 e. The van der Waals surface area contributed by atoms with Crippen LogP contribution in [-0.2, 0) is 17.8 Å². The predicted molar refractivity (Wildman–Crippen MR) is 140 cm³/mol. The Balaban J connectivity index is 1.95. The van der Waals surface area contributed by atoms with Gasteiger partial charge < -0.3 is 14.8 Å². The van der Waals surface area contributed by atoms with Gasteiger partial charge in [-0.25, -0.2) is 0 Å². The first kappa shape index (κ1) is 25.8. The molecule has 0 fully saturated rings. The lowest BCUT2D eigenvalue weighted by Gasteiger charge is -2.17. The number of benzene rings is 3. The van der Waals surface area contributed by atoms with E-state index in [2.05, 4.69) is 18.0 Å². The summed E-state index contributed by atoms with van der Waals surface area (Å²) in [6, 6.07) is 22.3. The van der Waals surface area contributed by atoms with Crippen LogP contribution in [0.3, 0.4) is 0 Å². The van der Waals surface area contributed by atoms with Gasteiger partial charge in [-0.1, -0.05) is 36.4 Å². The highest BCUT2D eigenvalue weighted by atomic mass is 16.5. The number of hydrogen-bond acceptors (Lipinski definition) is 5. The molecule has 3 aromatic carbocycles. The van der Waals surface area contributed by atoms with Crippen LogP contribution in [0.25, 0.3) is 6.08 Å². The number of allylic oxidation sites excluding steroid dienone is 1. The minimum atomic E-state index is -0.500. The van der Waals surface area contributed by atoms with E-state index >= 15 is 0 Å². The number of amides is 1. The van der Waals surface area contributed by atoms with Crippen LogP contribution in [0.5, 0.6) is 11.5 Å². The average Bonchev–Trinajstić information content (AvgIpc) is 2.87. The van der Waals surface area contributed by atoms with E-state index in [9.17, 15) is 15.3 Å². The Bertz CT molecular complexity index is 1380. The summed E-state index contributed by atoms with van der Waals surface area (Å²) in [7, 11) is 0. The molecule has 0 spiro atoms. The second-order valence-corrected chi connectivity index (χ2v) is 7.98. The molecule has 0 aliphatic carbocycles. The van der Waals surface area contributed by atoms with Crippen LogP contribution >= 0.6 is 0 Å². The van der Waals surface area contributed by atoms with Gasteiger partial charge in [0.15, 0.2) is 11.5 Å². The van der Waals surface area contributed by atoms with Gasteiger partial charge in [0, 0.05) is 16.8 Å². The first-order valence-electron chi connectivity index (χ1n) is 11.5. The van der Waals surface area contributed by atoms with E-state index < -0.39 is 5.91 Å². The summed E-state index contributed by atoms with van der Waals surface area (Å²) in [5, 5.41) is 21.8. The summed E-state index contributed by atoms with van der Waals surface area (Å²) in [4.78, 5) is 12.8. The molecule has 0 aliphatic heterocycles. The van der Waals surface area contributed by atoms with Crippen molar-refractivity contribution in [3.63, 3.8) is 0 Å². The van der Waals surface area contributed by atoms with Crippen LogP contribution in [0.4, 0.5) is 5.69 Å². The number of hydrogen-bond donors (Lipinski definition) is 1. The van der Waals surface area contributed by atoms with E-state index in [1.807, 2.05) is 56.3 Å². The first-order chi connectivity index (χ1) is 17.5. The zero-order chi connectivity index (χ0) is 25.9. The van der Waals surface area contributed by atoms with Gasteiger partial charge in [0.2, 0.25) is 0 Å². The molecule has 0 saturated carbocycles. The van der Waals surface area contributed by atoms with Crippen molar-refractivity contribution in [1.82, 2.24) is 0 Å². The fourth-order valence-corrected chi connectivity index (χ4v) is 3.64. The molecule has 0 saturated heterocycles. The fraction of sp³-hybridized carbons (Fsp3) is 0.167. The molecule has 180 valence electrons. The molecule has 1 N–H and O–H groups in total. The van der Waals surface area contributed by atoms with E-state index in [-0.39, 0.29) is 12.2 Å². The van der Waals surface area contributed by atoms with Gasteiger partial charge in [-0.05, 0) is 67.8 Å². The number of carbonyl (C=O) groups is 1. The molecule has 36 heavy (non-hydrogen) atoms. The van der Waals surface area contributed by atoms with Crippen LogP contribution in [0.1, 0.15) is 34.7 Å². The molecule has 0 aliphatic rings. The lowest BCUT2D eigenvalue weighted by Crippen LogP contribution is -2.13. The van der Waals surface area contributed by atoms with Crippen molar-refractivity contribution in [2.75, 3.05) is 11.9 Å². The molecule has 3 rings (SSSR count). The lowest BCUT2D eigenvalue weighted by atomic mass is 10.0. The molecule has 6 nitrogen and oxygen atoms in total. The third kappa shape index (κ3) is 6.62. The molecule has 0 aromatic heterocycles. The highest BCUT2D eigenvalue weighted by Gasteiger charge is 2.16. The molecule has 0 heterocycles. The Labute approximate surface area is 211 Å². The predicted octanol–water partition coefficient (Wildman–Crippen LogP) is 6.12. The average molecular weight is 478 g/mol. The Hall–Kier alpha value is -4.81. The normalized spacial score (nSPS) is 10.6. The molecule has 0 atom stereocenters. The zero-order valence-corrected chi connectivity index (χ0v) is 20.4. The molecule has 0 bridgehead atoms. The zero-order valence-electron chi connectivity index (χ0n) is 20.4. The summed E-state index contributed by atoms with van der Waals surface area (Å²) in [5.74, 6) is 0.512. The van der Waals surface area contributed by atoms with Crippen LogP contribution in [0, 0.1) is 29.6 Å². The van der Waals surface area contributed by atoms with Crippen molar-refractivity contribution in [1.29, 1.82) is 10.5 Å². The first-order valence-corrected chi connectivity index (χ1v) is 11.5. The summed E-state index contributed by atoms with van der Waals surface area (Å²) in [5.41, 5.74) is 4.28. The molecule has 3 aromatic rings. The van der Waals surface area contributed by atoms with Gasteiger partial charge in [0.05, 0.1) is 18.2 Å². The molecule has 0 unspecified atom stereocenters. The summed E-state index contributed by atoms with van der Waals surface area (Å²) < 4.78 is 12.0. The van der Waals surface area contributed by atoms with Crippen molar-refractivity contribution in [2.24, 2.45) is 0 Å². The molecule has 1 amide bonds. The third-order valence-corrected chi connectivity index (χ3v) is 5.28. The minimum absolute atomic E-state index is 0.0416. The lowest BCUT2D eigenvalue weighted by molar-refractivity contribution is -0.112. The highest BCUT2D eigenvalue weighted by molar-refractivity contribution is 6.09. The van der Waals surface area contributed by atoms with Crippen molar-refractivity contribution in [3.05, 3.63) is 107 Å². The number of anilines is 1. The number of nitriles is 2. The smallest absolute Gasteiger partial charge is 0.266 e. The maximum absolute atomic E-state index is 12.8. The molecular formula is C30H27N3O3. The summed E-state index contributed by atoms with van der Waals surface area (Å²) in [6.07, 6.45) is 3.74. The molecular weight excluding hydrogens is 450 g/mol. The maximum atomic E-state index is 12.8. The van der Waals surface area contributed by atoms with Gasteiger partial charge in [-0.2, -0.15) is 10.5 Å². The van der Waals surface area contributed by atoms with E-state index in [0.717, 1.165) is 16.7 Å². The monoisotopic (exact) mass is 477 g/mol. The number of rotatable bonds is 10. The summed E-state index contributed by atoms with van der Waals surface area (Å²) in [6.45, 7) is 8.20. The van der Waals surface area contributed by atoms with E-state index in [0.29, 0.717) is 41.3 Å². The topological polar surface area (TPSA) is 95.1 Å². The van der Waals surface area contributed by atoms with Gasteiger partial charge in [-0.3, -0.25) is 4.79 Å². The third-order valence-electron chi connectivity index (χ3n) is 5.28. The van der Waals surface area contributed by atoms with Gasteiger partial charge in [0.25, 0.3) is 5.91 Å². The number of carbonyl (C=O) groups excluding carboxylic acids is 1. The van der Waals surface area contributed by atoms with Crippen molar-refractivity contribution in [3.8, 4) is 23.6 Å². The Kier molecular flexibility index (Phi) is 9.03. The number of aryl methyl sites for hydroxylation is 1. The van der Waals surface area contributed by atoms with E-state index in [1.165, 1.54) is 6.08 Å². The van der Waals surface area contributed by atoms with Crippen LogP contribution in [-0.4, -0.2) is 12.5 Å². The Morgan fingerprint density at radius 2 is 1.86 bits per heavy atom. The summed E-state index contributed by atoms with van der Waals surface area (Å²) >= 11 is 0. The van der Waals surface area contributed by atoms with Crippen LogP contribution < -0.4 is 14.8 Å². The second kappa shape index (κ2) is 12.6. The number of ether oxygens (including phenoxy) is 2. The molecule has 6 heteroatoms. The Morgan fingerprint density at radius 1 is 1.06 bits per heavy atom. The Morgan fingerprint density at radius 3 is 2.56 bits per heavy atom. The van der Waals surface area contributed by atoms with Gasteiger partial charge in [-0.15, -0.1) is 6.58 Å². The molecule has 0 radical (unpaired) electrons. The quantitative estimate of drug-likeness (QED) is 0.216. The number of nitrogens with one attached hydrogen (secondary N) is 1. The van der Waals surface area contributed by atoms with Crippen molar-refractivity contribution < 1.29 is 14.3 Å². The van der Waals surface area contributed by atoms with Gasteiger partial charge in [0.1, 0.15) is 18.2 Å². The standard InChI is InChI=1S/C30H27N3O3/c1-4-9-23-15-22(16-26(19-32)30(34)33-27-13-8-10-21(3)14-27)17-28(35-5-2)29(23)36-20-25-12-7-6-11-24(25)18-31/h4,6-8,10-17H,1,5,9,20H2,2-3H3,(H,33,34)/b26-16+. The van der Waals surface area contributed by atoms with Gasteiger partial charge >= 0.3 is 0 Å². The van der Waals surface area contributed by atoms with Crippen LogP contribution in [0.2, 0.25) is 0 Å². The van der Waals surface area contributed by atoms with Crippen molar-refractivity contribution in [2.45, 2.75) is 26.9 Å². The fourth-order valence-electron chi connectivity index (χ4n) is 3.64. The SMILES string of the molecule is C=CCc1cc(/C=C(\C#N)C(=O)Nc2cccc(C)c2)cc(OCC)c1OCc1ccccc1C#N. The highest BCUT2D eigenvalue weighted by Crippen LogP contribution is 2.35. The minimum Gasteiger partial charge on any atom is -0.490 e. The van der Waals surface area contributed by atoms with E-state index in [4.69, 9.17) is 9.47 Å². The largest absolute Gasteiger partial charge is 0.490 e. The van der Waals surface area contributed by atoms with Crippen molar-refractivity contribution >= 4 is 17.7 Å². The number of nitrogens with zero attached hydrogens (tertiary/aromatic N) is 2. The second-order valence-electron chi connectivity index (χ2n) is 7.98. The van der Waals surface area contributed by atoms with E-state index in [1.54, 1.807) is 30.3 Å².